The summed E-state index contributed by atoms with van der Waals surface area (Å²) in [6.07, 6.45) is 4.13. The van der Waals surface area contributed by atoms with E-state index in [0.29, 0.717) is 24.7 Å². The van der Waals surface area contributed by atoms with E-state index in [0.717, 1.165) is 6.42 Å². The first-order valence-electron chi connectivity index (χ1n) is 6.25. The van der Waals surface area contributed by atoms with Crippen LogP contribution in [0.4, 0.5) is 17.3 Å². The first kappa shape index (κ1) is 13.7. The first-order valence-corrected chi connectivity index (χ1v) is 6.25. The number of hydrogen-bond donors (Lipinski definition) is 2. The van der Waals surface area contributed by atoms with Crippen LogP contribution in [-0.4, -0.2) is 28.0 Å². The van der Waals surface area contributed by atoms with E-state index in [1.54, 1.807) is 36.7 Å². The molecule has 0 unspecified atom stereocenters. The summed E-state index contributed by atoms with van der Waals surface area (Å²) in [5, 5.41) is 17.0. The lowest BCUT2D eigenvalue weighted by atomic mass is 10.2. The lowest BCUT2D eigenvalue weighted by molar-refractivity contribution is -0.384. The molecule has 0 aliphatic heterocycles. The molecule has 0 aliphatic carbocycles. The number of rotatable bonds is 7. The second-order valence-corrected chi connectivity index (χ2v) is 4.05. The number of para-hydroxylation sites is 2. The number of nitrogens with one attached hydrogen (secondary N) is 2. The van der Waals surface area contributed by atoms with Crippen LogP contribution in [0.1, 0.15) is 6.42 Å². The van der Waals surface area contributed by atoms with Gasteiger partial charge in [-0.05, 0) is 18.6 Å². The van der Waals surface area contributed by atoms with Crippen molar-refractivity contribution in [1.29, 1.82) is 0 Å². The van der Waals surface area contributed by atoms with Gasteiger partial charge in [-0.2, -0.15) is 0 Å². The summed E-state index contributed by atoms with van der Waals surface area (Å²) in [5.41, 5.74) is 0.625. The fraction of sp³-hybridized carbons (Fsp3) is 0.231. The molecule has 0 saturated carbocycles. The Labute approximate surface area is 116 Å². The zero-order valence-corrected chi connectivity index (χ0v) is 10.8. The Kier molecular flexibility index (Phi) is 4.82. The normalized spacial score (nSPS) is 10.0. The number of nitrogens with zero attached hydrogens (tertiary/aromatic N) is 3. The maximum absolute atomic E-state index is 10.8. The maximum Gasteiger partial charge on any atom is 0.292 e. The average molecular weight is 273 g/mol. The van der Waals surface area contributed by atoms with Crippen molar-refractivity contribution in [2.75, 3.05) is 23.7 Å². The molecule has 1 aromatic heterocycles. The van der Waals surface area contributed by atoms with Gasteiger partial charge in [-0.3, -0.25) is 10.1 Å². The van der Waals surface area contributed by atoms with Gasteiger partial charge < -0.3 is 10.6 Å². The van der Waals surface area contributed by atoms with Crippen LogP contribution in [0.3, 0.4) is 0 Å². The lowest BCUT2D eigenvalue weighted by Crippen LogP contribution is -2.11. The Morgan fingerprint density at radius 3 is 2.50 bits per heavy atom. The number of nitro groups is 1. The van der Waals surface area contributed by atoms with Crippen molar-refractivity contribution in [1.82, 2.24) is 9.97 Å². The zero-order valence-electron chi connectivity index (χ0n) is 10.8. The van der Waals surface area contributed by atoms with Gasteiger partial charge in [-0.1, -0.05) is 12.1 Å². The van der Waals surface area contributed by atoms with E-state index < -0.39 is 4.92 Å². The topological polar surface area (TPSA) is 93.0 Å². The lowest BCUT2D eigenvalue weighted by Gasteiger charge is -2.07. The second-order valence-electron chi connectivity index (χ2n) is 4.05. The Morgan fingerprint density at radius 1 is 1.05 bits per heavy atom. The van der Waals surface area contributed by atoms with Crippen molar-refractivity contribution in [2.45, 2.75) is 6.42 Å². The zero-order chi connectivity index (χ0) is 14.2. The summed E-state index contributed by atoms with van der Waals surface area (Å²) < 4.78 is 0. The third kappa shape index (κ3) is 3.91. The maximum atomic E-state index is 10.8. The molecule has 0 saturated heterocycles. The molecule has 2 aromatic rings. The Balaban J connectivity index is 1.75. The van der Waals surface area contributed by atoms with E-state index in [1.807, 2.05) is 0 Å². The third-order valence-electron chi connectivity index (χ3n) is 2.62. The van der Waals surface area contributed by atoms with Gasteiger partial charge in [0.25, 0.3) is 5.69 Å². The molecule has 2 N–H and O–H groups in total. The predicted molar refractivity (Wildman–Crippen MR) is 76.7 cm³/mol. The second kappa shape index (κ2) is 7.03. The molecule has 0 atom stereocenters. The van der Waals surface area contributed by atoms with Crippen molar-refractivity contribution < 1.29 is 4.92 Å². The van der Waals surface area contributed by atoms with Crippen LogP contribution in [0.2, 0.25) is 0 Å². The third-order valence-corrected chi connectivity index (χ3v) is 2.62. The first-order chi connectivity index (χ1) is 9.77. The van der Waals surface area contributed by atoms with Crippen molar-refractivity contribution >= 4 is 17.3 Å². The SMILES string of the molecule is O=[N+]([O-])c1ccccc1NCCCNc1ncccn1. The summed E-state index contributed by atoms with van der Waals surface area (Å²) in [6, 6.07) is 8.36. The summed E-state index contributed by atoms with van der Waals surface area (Å²) in [4.78, 5) is 18.5. The standard InChI is InChI=1S/C13H15N5O2/c19-18(20)12-6-2-1-5-11(12)14-7-3-8-15-13-16-9-4-10-17-13/h1-2,4-6,9-10,14H,3,7-8H2,(H,15,16,17). The molecule has 0 bridgehead atoms. The highest BCUT2D eigenvalue weighted by atomic mass is 16.6. The molecule has 104 valence electrons. The predicted octanol–water partition coefficient (Wildman–Crippen LogP) is 2.30. The highest BCUT2D eigenvalue weighted by Gasteiger charge is 2.10. The molecule has 0 radical (unpaired) electrons. The molecule has 7 nitrogen and oxygen atoms in total. The molecule has 0 aliphatic rings. The van der Waals surface area contributed by atoms with Gasteiger partial charge in [0.2, 0.25) is 5.95 Å². The highest BCUT2D eigenvalue weighted by Crippen LogP contribution is 2.22. The summed E-state index contributed by atoms with van der Waals surface area (Å²) >= 11 is 0. The van der Waals surface area contributed by atoms with Crippen molar-refractivity contribution in [3.63, 3.8) is 0 Å². The number of anilines is 2. The molecule has 7 heteroatoms. The molecule has 20 heavy (non-hydrogen) atoms. The van der Waals surface area contributed by atoms with Gasteiger partial charge in [-0.25, -0.2) is 9.97 Å². The smallest absolute Gasteiger partial charge is 0.292 e. The van der Waals surface area contributed by atoms with Crippen LogP contribution < -0.4 is 10.6 Å². The molecule has 0 fully saturated rings. The van der Waals surface area contributed by atoms with E-state index in [2.05, 4.69) is 20.6 Å². The fourth-order valence-electron chi connectivity index (χ4n) is 1.68. The van der Waals surface area contributed by atoms with Crippen LogP contribution in [0, 0.1) is 10.1 Å². The monoisotopic (exact) mass is 273 g/mol. The summed E-state index contributed by atoms with van der Waals surface area (Å²) in [6.45, 7) is 1.32. The van der Waals surface area contributed by atoms with Crippen LogP contribution in [0.25, 0.3) is 0 Å². The van der Waals surface area contributed by atoms with Gasteiger partial charge in [0.15, 0.2) is 0 Å². The number of aromatic nitrogens is 2. The van der Waals surface area contributed by atoms with Gasteiger partial charge in [0, 0.05) is 31.5 Å². The van der Waals surface area contributed by atoms with Crippen LogP contribution in [-0.2, 0) is 0 Å². The molecule has 2 rings (SSSR count). The van der Waals surface area contributed by atoms with Crippen LogP contribution in [0.5, 0.6) is 0 Å². The van der Waals surface area contributed by atoms with Crippen molar-refractivity contribution in [3.8, 4) is 0 Å². The van der Waals surface area contributed by atoms with Crippen LogP contribution >= 0.6 is 0 Å². The van der Waals surface area contributed by atoms with E-state index in [1.165, 1.54) is 6.07 Å². The number of benzene rings is 1. The van der Waals surface area contributed by atoms with E-state index in [-0.39, 0.29) is 5.69 Å². The minimum atomic E-state index is -0.390. The average Bonchev–Trinajstić information content (AvgIpc) is 2.48. The Morgan fingerprint density at radius 2 is 1.75 bits per heavy atom. The van der Waals surface area contributed by atoms with Gasteiger partial charge >= 0.3 is 0 Å². The molecular formula is C13H15N5O2. The summed E-state index contributed by atoms with van der Waals surface area (Å²) in [5.74, 6) is 0.582. The largest absolute Gasteiger partial charge is 0.379 e. The fourth-order valence-corrected chi connectivity index (χ4v) is 1.68. The molecule has 1 aromatic carbocycles. The van der Waals surface area contributed by atoms with Gasteiger partial charge in [0.1, 0.15) is 5.69 Å². The number of hydrogen-bond acceptors (Lipinski definition) is 6. The molecule has 0 spiro atoms. The molecule has 0 amide bonds. The van der Waals surface area contributed by atoms with Crippen molar-refractivity contribution in [2.24, 2.45) is 0 Å². The van der Waals surface area contributed by atoms with E-state index in [4.69, 9.17) is 0 Å². The van der Waals surface area contributed by atoms with Crippen LogP contribution in [0.15, 0.2) is 42.7 Å². The Hall–Kier alpha value is -2.70. The van der Waals surface area contributed by atoms with E-state index >= 15 is 0 Å². The van der Waals surface area contributed by atoms with Crippen molar-refractivity contribution in [3.05, 3.63) is 52.8 Å². The van der Waals surface area contributed by atoms with Gasteiger partial charge in [-0.15, -0.1) is 0 Å². The highest BCUT2D eigenvalue weighted by molar-refractivity contribution is 5.60. The van der Waals surface area contributed by atoms with Gasteiger partial charge in [0.05, 0.1) is 4.92 Å². The molecule has 1 heterocycles. The molecular weight excluding hydrogens is 258 g/mol. The number of nitro benzene ring substituents is 1. The van der Waals surface area contributed by atoms with E-state index in [9.17, 15) is 10.1 Å². The minimum Gasteiger partial charge on any atom is -0.379 e. The Bertz CT molecular complexity index is 562. The minimum absolute atomic E-state index is 0.0897. The summed E-state index contributed by atoms with van der Waals surface area (Å²) in [7, 11) is 0. The quantitative estimate of drug-likeness (QED) is 0.457.